The van der Waals surface area contributed by atoms with Gasteiger partial charge in [-0.25, -0.2) is 14.2 Å². The van der Waals surface area contributed by atoms with Gasteiger partial charge in [0.1, 0.15) is 11.5 Å². The number of pyridine rings is 1. The van der Waals surface area contributed by atoms with Crippen molar-refractivity contribution >= 4 is 49.6 Å². The van der Waals surface area contributed by atoms with Crippen molar-refractivity contribution in [2.45, 2.75) is 0 Å². The van der Waals surface area contributed by atoms with E-state index in [9.17, 15) is 9.18 Å². The predicted molar refractivity (Wildman–Crippen MR) is 77.7 cm³/mol. The number of rotatable bonds is 1. The predicted octanol–water partition coefficient (Wildman–Crippen LogP) is 3.73. The molecule has 0 saturated carbocycles. The van der Waals surface area contributed by atoms with E-state index in [4.69, 9.17) is 5.11 Å². The van der Waals surface area contributed by atoms with Gasteiger partial charge in [0.25, 0.3) is 0 Å². The number of fused-ring (bicyclic) bond motifs is 3. The molecule has 7 heteroatoms. The number of carbonyl (C=O) groups is 1. The summed E-state index contributed by atoms with van der Waals surface area (Å²) >= 11 is 3.32. The first-order valence-corrected chi connectivity index (χ1v) is 6.50. The maximum Gasteiger partial charge on any atom is 0.411 e. The summed E-state index contributed by atoms with van der Waals surface area (Å²) in [5, 5.41) is 10.4. The van der Waals surface area contributed by atoms with Crippen LogP contribution in [0.5, 0.6) is 0 Å². The number of hydrogen-bond acceptors (Lipinski definition) is 2. The van der Waals surface area contributed by atoms with Gasteiger partial charge in [0.05, 0.1) is 11.2 Å². The van der Waals surface area contributed by atoms with E-state index < -0.39 is 11.9 Å². The Balaban J connectivity index is 2.42. The second-order valence-corrected chi connectivity index (χ2v) is 5.28. The summed E-state index contributed by atoms with van der Waals surface area (Å²) < 4.78 is 14.5. The SMILES string of the molecule is CN(C(=O)O)c1cc(F)cc2c1[nH]c1ncc(Br)cc12. The van der Waals surface area contributed by atoms with Crippen LogP contribution in [0.4, 0.5) is 14.9 Å². The Morgan fingerprint density at radius 2 is 2.15 bits per heavy atom. The zero-order valence-corrected chi connectivity index (χ0v) is 11.9. The molecule has 0 saturated heterocycles. The standard InChI is InChI=1S/C13H9BrFN3O2/c1-18(13(19)20)10-4-7(15)3-8-9-2-6(14)5-16-12(9)17-11(8)10/h2-5H,1H3,(H,16,17)(H,19,20). The van der Waals surface area contributed by atoms with E-state index in [0.717, 1.165) is 14.8 Å². The molecular formula is C13H9BrFN3O2. The molecule has 0 radical (unpaired) electrons. The molecular weight excluding hydrogens is 329 g/mol. The van der Waals surface area contributed by atoms with Crippen LogP contribution in [0.1, 0.15) is 0 Å². The molecule has 0 aliphatic carbocycles. The monoisotopic (exact) mass is 337 g/mol. The smallest absolute Gasteiger partial charge is 0.411 e. The van der Waals surface area contributed by atoms with E-state index in [0.29, 0.717) is 16.6 Å². The summed E-state index contributed by atoms with van der Waals surface area (Å²) in [5.41, 5.74) is 1.37. The second-order valence-electron chi connectivity index (χ2n) is 4.36. The second kappa shape index (κ2) is 4.45. The van der Waals surface area contributed by atoms with Crippen LogP contribution < -0.4 is 4.90 Å². The zero-order valence-electron chi connectivity index (χ0n) is 10.3. The molecule has 2 aromatic heterocycles. The number of aromatic nitrogens is 2. The largest absolute Gasteiger partial charge is 0.465 e. The number of H-pyrrole nitrogens is 1. The molecule has 1 aromatic carbocycles. The highest BCUT2D eigenvalue weighted by Crippen LogP contribution is 2.33. The van der Waals surface area contributed by atoms with E-state index >= 15 is 0 Å². The third-order valence-electron chi connectivity index (χ3n) is 3.12. The molecule has 0 bridgehead atoms. The van der Waals surface area contributed by atoms with Gasteiger partial charge >= 0.3 is 6.09 Å². The zero-order chi connectivity index (χ0) is 14.4. The summed E-state index contributed by atoms with van der Waals surface area (Å²) in [6.45, 7) is 0. The van der Waals surface area contributed by atoms with Crippen LogP contribution in [0.2, 0.25) is 0 Å². The van der Waals surface area contributed by atoms with Crippen LogP contribution in [0.25, 0.3) is 21.9 Å². The maximum atomic E-state index is 13.8. The lowest BCUT2D eigenvalue weighted by Crippen LogP contribution is -2.24. The minimum Gasteiger partial charge on any atom is -0.465 e. The Kier molecular flexibility index (Phi) is 2.86. The average Bonchev–Trinajstić information content (AvgIpc) is 2.75. The molecule has 20 heavy (non-hydrogen) atoms. The molecule has 0 atom stereocenters. The van der Waals surface area contributed by atoms with E-state index in [1.165, 1.54) is 19.2 Å². The van der Waals surface area contributed by atoms with Crippen molar-refractivity contribution in [2.75, 3.05) is 11.9 Å². The third kappa shape index (κ3) is 1.90. The first-order valence-electron chi connectivity index (χ1n) is 5.70. The van der Waals surface area contributed by atoms with Crippen molar-refractivity contribution in [2.24, 2.45) is 0 Å². The maximum absolute atomic E-state index is 13.8. The number of amides is 1. The van der Waals surface area contributed by atoms with Gasteiger partial charge in [-0.1, -0.05) is 0 Å². The van der Waals surface area contributed by atoms with Gasteiger partial charge < -0.3 is 10.1 Å². The molecule has 3 aromatic rings. The van der Waals surface area contributed by atoms with Gasteiger partial charge in [-0.05, 0) is 34.1 Å². The summed E-state index contributed by atoms with van der Waals surface area (Å²) in [7, 11) is 1.37. The molecule has 1 amide bonds. The normalized spacial score (nSPS) is 11.2. The van der Waals surface area contributed by atoms with Gasteiger partial charge in [0.15, 0.2) is 0 Å². The fourth-order valence-electron chi connectivity index (χ4n) is 2.17. The van der Waals surface area contributed by atoms with Crippen molar-refractivity contribution in [3.05, 3.63) is 34.7 Å². The first kappa shape index (κ1) is 12.9. The first-order chi connectivity index (χ1) is 9.47. The summed E-state index contributed by atoms with van der Waals surface area (Å²) in [5.74, 6) is -0.499. The highest BCUT2D eigenvalue weighted by atomic mass is 79.9. The Bertz CT molecular complexity index is 846. The van der Waals surface area contributed by atoms with Crippen LogP contribution in [0, 0.1) is 5.82 Å². The van der Waals surface area contributed by atoms with Crippen molar-refractivity contribution in [3.63, 3.8) is 0 Å². The van der Waals surface area contributed by atoms with E-state index in [2.05, 4.69) is 25.9 Å². The minimum atomic E-state index is -1.16. The fraction of sp³-hybridized carbons (Fsp3) is 0.0769. The molecule has 0 unspecified atom stereocenters. The van der Waals surface area contributed by atoms with Gasteiger partial charge in [-0.3, -0.25) is 4.90 Å². The average molecular weight is 338 g/mol. The number of benzene rings is 1. The van der Waals surface area contributed by atoms with Gasteiger partial charge in [-0.15, -0.1) is 0 Å². The Hall–Kier alpha value is -2.15. The summed E-state index contributed by atoms with van der Waals surface area (Å²) in [6.07, 6.45) is 0.457. The highest BCUT2D eigenvalue weighted by molar-refractivity contribution is 9.10. The molecule has 0 fully saturated rings. The van der Waals surface area contributed by atoms with E-state index in [1.807, 2.05) is 6.07 Å². The summed E-state index contributed by atoms with van der Waals surface area (Å²) in [4.78, 5) is 19.3. The molecule has 0 aliphatic rings. The van der Waals surface area contributed by atoms with E-state index in [1.54, 1.807) is 6.20 Å². The lowest BCUT2D eigenvalue weighted by atomic mass is 10.1. The summed E-state index contributed by atoms with van der Waals surface area (Å²) in [6, 6.07) is 4.35. The number of nitrogens with one attached hydrogen (secondary N) is 1. The fourth-order valence-corrected chi connectivity index (χ4v) is 2.50. The topological polar surface area (TPSA) is 69.2 Å². The van der Waals surface area contributed by atoms with Crippen LogP contribution >= 0.6 is 15.9 Å². The Labute approximate surface area is 121 Å². The van der Waals surface area contributed by atoms with Crippen LogP contribution in [-0.2, 0) is 0 Å². The van der Waals surface area contributed by atoms with Crippen molar-refractivity contribution in [1.29, 1.82) is 0 Å². The Morgan fingerprint density at radius 1 is 1.40 bits per heavy atom. The molecule has 102 valence electrons. The van der Waals surface area contributed by atoms with Crippen LogP contribution in [0.15, 0.2) is 28.9 Å². The number of hydrogen-bond donors (Lipinski definition) is 2. The third-order valence-corrected chi connectivity index (χ3v) is 3.55. The molecule has 2 heterocycles. The van der Waals surface area contributed by atoms with Crippen LogP contribution in [0.3, 0.4) is 0 Å². The van der Waals surface area contributed by atoms with Crippen molar-refractivity contribution in [1.82, 2.24) is 9.97 Å². The molecule has 3 rings (SSSR count). The number of nitrogens with zero attached hydrogens (tertiary/aromatic N) is 2. The van der Waals surface area contributed by atoms with Gasteiger partial charge in [0, 0.05) is 28.5 Å². The van der Waals surface area contributed by atoms with Gasteiger partial charge in [0.2, 0.25) is 0 Å². The van der Waals surface area contributed by atoms with Crippen LogP contribution in [-0.4, -0.2) is 28.2 Å². The Morgan fingerprint density at radius 3 is 2.85 bits per heavy atom. The lowest BCUT2D eigenvalue weighted by molar-refractivity contribution is 0.203. The minimum absolute atomic E-state index is 0.252. The number of halogens is 2. The number of anilines is 1. The molecule has 0 aliphatic heterocycles. The lowest BCUT2D eigenvalue weighted by Gasteiger charge is -2.14. The highest BCUT2D eigenvalue weighted by Gasteiger charge is 2.17. The van der Waals surface area contributed by atoms with E-state index in [-0.39, 0.29) is 5.69 Å². The quantitative estimate of drug-likeness (QED) is 0.710. The van der Waals surface area contributed by atoms with Crippen molar-refractivity contribution in [3.8, 4) is 0 Å². The molecule has 5 nitrogen and oxygen atoms in total. The molecule has 2 N–H and O–H groups in total. The van der Waals surface area contributed by atoms with Crippen molar-refractivity contribution < 1.29 is 14.3 Å². The number of aromatic amines is 1. The van der Waals surface area contributed by atoms with Gasteiger partial charge in [-0.2, -0.15) is 0 Å². The molecule has 0 spiro atoms. The number of carboxylic acid groups (broad SMARTS) is 1.